The second-order valence-corrected chi connectivity index (χ2v) is 5.31. The number of aromatic nitrogens is 1. The lowest BCUT2D eigenvalue weighted by Gasteiger charge is -2.20. The summed E-state index contributed by atoms with van der Waals surface area (Å²) in [6.07, 6.45) is 0. The SMILES string of the molecule is Cn1c(=O)oc2cc(C(=O)NC(C)(C)C)ccc21. The van der Waals surface area contributed by atoms with Gasteiger partial charge in [-0.3, -0.25) is 9.36 Å². The van der Waals surface area contributed by atoms with Gasteiger partial charge >= 0.3 is 5.76 Å². The maximum absolute atomic E-state index is 12.0. The number of rotatable bonds is 1. The van der Waals surface area contributed by atoms with E-state index in [9.17, 15) is 9.59 Å². The van der Waals surface area contributed by atoms with E-state index < -0.39 is 5.76 Å². The Balaban J connectivity index is 2.42. The molecule has 96 valence electrons. The standard InChI is InChI=1S/C13H16N2O3/c1-13(2,3)14-11(16)8-5-6-9-10(7-8)18-12(17)15(9)4/h5-7H,1-4H3,(H,14,16). The van der Waals surface area contributed by atoms with Gasteiger partial charge in [0.25, 0.3) is 5.91 Å². The predicted octanol–water partition coefficient (Wildman–Crippen LogP) is 1.66. The lowest BCUT2D eigenvalue weighted by molar-refractivity contribution is 0.0919. The molecule has 1 heterocycles. The Labute approximate surface area is 104 Å². The summed E-state index contributed by atoms with van der Waals surface area (Å²) in [4.78, 5) is 23.3. The zero-order valence-corrected chi connectivity index (χ0v) is 10.9. The van der Waals surface area contributed by atoms with Crippen LogP contribution in [0.2, 0.25) is 0 Å². The Kier molecular flexibility index (Phi) is 2.77. The molecule has 0 saturated carbocycles. The second-order valence-electron chi connectivity index (χ2n) is 5.31. The first-order valence-corrected chi connectivity index (χ1v) is 5.70. The van der Waals surface area contributed by atoms with Gasteiger partial charge in [-0.05, 0) is 39.0 Å². The van der Waals surface area contributed by atoms with Crippen LogP contribution in [0.15, 0.2) is 27.4 Å². The normalized spacial score (nSPS) is 11.8. The average Bonchev–Trinajstić information content (AvgIpc) is 2.52. The maximum atomic E-state index is 12.0. The summed E-state index contributed by atoms with van der Waals surface area (Å²) < 4.78 is 6.45. The molecule has 18 heavy (non-hydrogen) atoms. The van der Waals surface area contributed by atoms with Crippen LogP contribution in [0.5, 0.6) is 0 Å². The number of benzene rings is 1. The molecule has 2 rings (SSSR count). The van der Waals surface area contributed by atoms with Crippen LogP contribution < -0.4 is 11.1 Å². The first-order chi connectivity index (χ1) is 8.28. The van der Waals surface area contributed by atoms with Crippen LogP contribution in [-0.4, -0.2) is 16.0 Å². The third-order valence-corrected chi connectivity index (χ3v) is 2.54. The Morgan fingerprint density at radius 3 is 2.61 bits per heavy atom. The van der Waals surface area contributed by atoms with E-state index in [2.05, 4.69) is 5.32 Å². The molecule has 1 aromatic carbocycles. The summed E-state index contributed by atoms with van der Waals surface area (Å²) in [6.45, 7) is 5.73. The van der Waals surface area contributed by atoms with Crippen molar-refractivity contribution in [3.63, 3.8) is 0 Å². The lowest BCUT2D eigenvalue weighted by Crippen LogP contribution is -2.40. The molecule has 0 radical (unpaired) electrons. The fourth-order valence-electron chi connectivity index (χ4n) is 1.69. The number of amides is 1. The minimum Gasteiger partial charge on any atom is -0.408 e. The Hall–Kier alpha value is -2.04. The van der Waals surface area contributed by atoms with Gasteiger partial charge in [0, 0.05) is 18.2 Å². The largest absolute Gasteiger partial charge is 0.419 e. The van der Waals surface area contributed by atoms with Gasteiger partial charge in [-0.1, -0.05) is 0 Å². The number of hydrogen-bond acceptors (Lipinski definition) is 3. The summed E-state index contributed by atoms with van der Waals surface area (Å²) in [6, 6.07) is 4.97. The summed E-state index contributed by atoms with van der Waals surface area (Å²) >= 11 is 0. The zero-order valence-electron chi connectivity index (χ0n) is 10.9. The van der Waals surface area contributed by atoms with E-state index in [-0.39, 0.29) is 11.4 Å². The topological polar surface area (TPSA) is 64.2 Å². The number of carbonyl (C=O) groups excluding carboxylic acids is 1. The van der Waals surface area contributed by atoms with E-state index >= 15 is 0 Å². The van der Waals surface area contributed by atoms with E-state index in [1.54, 1.807) is 25.2 Å². The highest BCUT2D eigenvalue weighted by molar-refractivity contribution is 5.97. The molecule has 0 spiro atoms. The molecule has 0 unspecified atom stereocenters. The molecule has 0 saturated heterocycles. The molecule has 1 amide bonds. The Bertz CT molecular complexity index is 659. The highest BCUT2D eigenvalue weighted by Crippen LogP contribution is 2.15. The Morgan fingerprint density at radius 1 is 1.33 bits per heavy atom. The third kappa shape index (κ3) is 2.30. The number of hydrogen-bond donors (Lipinski definition) is 1. The second kappa shape index (κ2) is 4.01. The van der Waals surface area contributed by atoms with Gasteiger partial charge in [-0.15, -0.1) is 0 Å². The average molecular weight is 248 g/mol. The van der Waals surface area contributed by atoms with Crippen LogP contribution in [0.25, 0.3) is 11.1 Å². The fourth-order valence-corrected chi connectivity index (χ4v) is 1.69. The third-order valence-electron chi connectivity index (χ3n) is 2.54. The number of aryl methyl sites for hydroxylation is 1. The molecular formula is C13H16N2O3. The van der Waals surface area contributed by atoms with Gasteiger partial charge in [0.15, 0.2) is 5.58 Å². The molecular weight excluding hydrogens is 232 g/mol. The van der Waals surface area contributed by atoms with Gasteiger partial charge < -0.3 is 9.73 Å². The monoisotopic (exact) mass is 248 g/mol. The zero-order chi connectivity index (χ0) is 13.5. The summed E-state index contributed by atoms with van der Waals surface area (Å²) in [5.41, 5.74) is 1.27. The molecule has 0 aliphatic carbocycles. The quantitative estimate of drug-likeness (QED) is 0.834. The van der Waals surface area contributed by atoms with Gasteiger partial charge in [0.1, 0.15) is 0 Å². The molecule has 1 N–H and O–H groups in total. The van der Waals surface area contributed by atoms with Crippen molar-refractivity contribution in [1.82, 2.24) is 9.88 Å². The van der Waals surface area contributed by atoms with Gasteiger partial charge in [0.2, 0.25) is 0 Å². The smallest absolute Gasteiger partial charge is 0.408 e. The first-order valence-electron chi connectivity index (χ1n) is 5.70. The van der Waals surface area contributed by atoms with Crippen molar-refractivity contribution in [3.05, 3.63) is 34.3 Å². The van der Waals surface area contributed by atoms with Crippen molar-refractivity contribution in [1.29, 1.82) is 0 Å². The van der Waals surface area contributed by atoms with Gasteiger partial charge in [-0.2, -0.15) is 0 Å². The van der Waals surface area contributed by atoms with Crippen LogP contribution in [0.4, 0.5) is 0 Å². The molecule has 5 heteroatoms. The molecule has 1 aromatic heterocycles. The van der Waals surface area contributed by atoms with Crippen molar-refractivity contribution >= 4 is 17.0 Å². The van der Waals surface area contributed by atoms with Crippen molar-refractivity contribution < 1.29 is 9.21 Å². The summed E-state index contributed by atoms with van der Waals surface area (Å²) in [7, 11) is 1.63. The van der Waals surface area contributed by atoms with Crippen LogP contribution in [0.3, 0.4) is 0 Å². The van der Waals surface area contributed by atoms with Crippen LogP contribution in [-0.2, 0) is 7.05 Å². The van der Waals surface area contributed by atoms with Crippen molar-refractivity contribution in [3.8, 4) is 0 Å². The molecule has 0 aliphatic heterocycles. The van der Waals surface area contributed by atoms with E-state index in [1.165, 1.54) is 4.57 Å². The Morgan fingerprint density at radius 2 is 2.00 bits per heavy atom. The van der Waals surface area contributed by atoms with Gasteiger partial charge in [0.05, 0.1) is 5.52 Å². The molecule has 0 atom stereocenters. The highest BCUT2D eigenvalue weighted by atomic mass is 16.4. The van der Waals surface area contributed by atoms with Gasteiger partial charge in [-0.25, -0.2) is 4.79 Å². The number of oxazole rings is 1. The van der Waals surface area contributed by atoms with E-state index in [4.69, 9.17) is 4.42 Å². The minimum absolute atomic E-state index is 0.184. The molecule has 2 aromatic rings. The minimum atomic E-state index is -0.432. The molecule has 5 nitrogen and oxygen atoms in total. The fraction of sp³-hybridized carbons (Fsp3) is 0.385. The van der Waals surface area contributed by atoms with Crippen LogP contribution in [0.1, 0.15) is 31.1 Å². The number of nitrogens with one attached hydrogen (secondary N) is 1. The van der Waals surface area contributed by atoms with E-state index in [0.717, 1.165) is 0 Å². The van der Waals surface area contributed by atoms with Crippen molar-refractivity contribution in [2.75, 3.05) is 0 Å². The number of nitrogens with zero attached hydrogens (tertiary/aromatic N) is 1. The highest BCUT2D eigenvalue weighted by Gasteiger charge is 2.16. The maximum Gasteiger partial charge on any atom is 0.419 e. The van der Waals surface area contributed by atoms with Crippen molar-refractivity contribution in [2.24, 2.45) is 7.05 Å². The summed E-state index contributed by atoms with van der Waals surface area (Å²) in [5.74, 6) is -0.616. The summed E-state index contributed by atoms with van der Waals surface area (Å²) in [5, 5.41) is 2.86. The van der Waals surface area contributed by atoms with E-state index in [1.807, 2.05) is 20.8 Å². The molecule has 0 fully saturated rings. The molecule has 0 aliphatic rings. The van der Waals surface area contributed by atoms with Crippen LogP contribution >= 0.6 is 0 Å². The number of carbonyl (C=O) groups is 1. The first kappa shape index (κ1) is 12.4. The number of fused-ring (bicyclic) bond motifs is 1. The lowest BCUT2D eigenvalue weighted by atomic mass is 10.1. The molecule has 0 bridgehead atoms. The van der Waals surface area contributed by atoms with E-state index in [0.29, 0.717) is 16.7 Å². The van der Waals surface area contributed by atoms with Crippen LogP contribution in [0, 0.1) is 0 Å². The predicted molar refractivity (Wildman–Crippen MR) is 68.7 cm³/mol. The van der Waals surface area contributed by atoms with Crippen molar-refractivity contribution in [2.45, 2.75) is 26.3 Å².